The fourth-order valence-electron chi connectivity index (χ4n) is 3.37. The summed E-state index contributed by atoms with van der Waals surface area (Å²) in [5.74, 6) is 1.16. The fraction of sp³-hybridized carbons (Fsp3) is 0.579. The molecule has 0 radical (unpaired) electrons. The standard InChI is InChI=1S/C19H26N2O3/c1-24-17-7-3-2-5-14(17)6-4-12-20-19(23)15-8-11-18(22)21(13-15)16-9-10-16/h2-3,5,7,15-16H,4,6,8-13H2,1H3,(H,20,23)/t15-/m0/s1. The van der Waals surface area contributed by atoms with Gasteiger partial charge in [-0.05, 0) is 43.7 Å². The summed E-state index contributed by atoms with van der Waals surface area (Å²) in [6.07, 6.45) is 5.14. The molecule has 1 saturated heterocycles. The third-order valence-corrected chi connectivity index (χ3v) is 4.92. The average Bonchev–Trinajstić information content (AvgIpc) is 3.44. The van der Waals surface area contributed by atoms with Gasteiger partial charge in [-0.3, -0.25) is 9.59 Å². The van der Waals surface area contributed by atoms with Gasteiger partial charge in [-0.2, -0.15) is 0 Å². The predicted octanol–water partition coefficient (Wildman–Crippen LogP) is 2.15. The predicted molar refractivity (Wildman–Crippen MR) is 91.8 cm³/mol. The highest BCUT2D eigenvalue weighted by molar-refractivity contribution is 5.84. The molecule has 0 unspecified atom stereocenters. The topological polar surface area (TPSA) is 58.6 Å². The molecule has 24 heavy (non-hydrogen) atoms. The molecule has 3 rings (SSSR count). The van der Waals surface area contributed by atoms with Crippen LogP contribution in [0.2, 0.25) is 0 Å². The molecular formula is C19H26N2O3. The Kier molecular flexibility index (Phi) is 5.38. The maximum Gasteiger partial charge on any atom is 0.224 e. The molecule has 0 spiro atoms. The van der Waals surface area contributed by atoms with Crippen LogP contribution >= 0.6 is 0 Å². The third kappa shape index (κ3) is 4.08. The Hall–Kier alpha value is -2.04. The van der Waals surface area contributed by atoms with Crippen molar-refractivity contribution in [1.29, 1.82) is 0 Å². The Bertz CT molecular complexity index is 598. The van der Waals surface area contributed by atoms with Gasteiger partial charge in [0.05, 0.1) is 13.0 Å². The first-order valence-corrected chi connectivity index (χ1v) is 8.88. The van der Waals surface area contributed by atoms with Crippen LogP contribution in [-0.2, 0) is 16.0 Å². The number of amides is 2. The number of benzene rings is 1. The molecule has 1 aromatic carbocycles. The lowest BCUT2D eigenvalue weighted by molar-refractivity contribution is -0.138. The van der Waals surface area contributed by atoms with Gasteiger partial charge in [0.1, 0.15) is 5.75 Å². The number of hydrogen-bond acceptors (Lipinski definition) is 3. The van der Waals surface area contributed by atoms with E-state index >= 15 is 0 Å². The number of likely N-dealkylation sites (tertiary alicyclic amines) is 1. The van der Waals surface area contributed by atoms with Gasteiger partial charge < -0.3 is 15.0 Å². The maximum atomic E-state index is 12.4. The molecule has 2 amide bonds. The maximum absolute atomic E-state index is 12.4. The van der Waals surface area contributed by atoms with E-state index in [1.54, 1.807) is 7.11 Å². The van der Waals surface area contributed by atoms with Crippen LogP contribution in [0.1, 0.15) is 37.7 Å². The smallest absolute Gasteiger partial charge is 0.224 e. The number of aryl methyl sites for hydroxylation is 1. The molecular weight excluding hydrogens is 304 g/mol. The second kappa shape index (κ2) is 7.69. The number of piperidine rings is 1. The number of nitrogens with one attached hydrogen (secondary N) is 1. The highest BCUT2D eigenvalue weighted by Crippen LogP contribution is 2.31. The molecule has 2 aliphatic rings. The van der Waals surface area contributed by atoms with Gasteiger partial charge in [0, 0.05) is 25.6 Å². The first-order chi connectivity index (χ1) is 11.7. The van der Waals surface area contributed by atoms with Gasteiger partial charge in [0.15, 0.2) is 0 Å². The van der Waals surface area contributed by atoms with Crippen LogP contribution in [0.5, 0.6) is 5.75 Å². The van der Waals surface area contributed by atoms with Crippen molar-refractivity contribution in [1.82, 2.24) is 10.2 Å². The van der Waals surface area contributed by atoms with Gasteiger partial charge in [-0.1, -0.05) is 18.2 Å². The number of nitrogens with zero attached hydrogens (tertiary/aromatic N) is 1. The SMILES string of the molecule is COc1ccccc1CCCNC(=O)[C@H]1CCC(=O)N(C2CC2)C1. The van der Waals surface area contributed by atoms with Crippen molar-refractivity contribution in [2.45, 2.75) is 44.6 Å². The van der Waals surface area contributed by atoms with Gasteiger partial charge in [-0.15, -0.1) is 0 Å². The van der Waals surface area contributed by atoms with Crippen molar-refractivity contribution in [3.8, 4) is 5.75 Å². The van der Waals surface area contributed by atoms with Gasteiger partial charge in [-0.25, -0.2) is 0 Å². The van der Waals surface area contributed by atoms with E-state index in [0.717, 1.165) is 37.0 Å². The lowest BCUT2D eigenvalue weighted by Gasteiger charge is -2.32. The molecule has 0 bridgehead atoms. The molecule has 130 valence electrons. The van der Waals surface area contributed by atoms with E-state index in [2.05, 4.69) is 11.4 Å². The van der Waals surface area contributed by atoms with E-state index in [-0.39, 0.29) is 17.7 Å². The zero-order chi connectivity index (χ0) is 16.9. The zero-order valence-corrected chi connectivity index (χ0v) is 14.3. The van der Waals surface area contributed by atoms with Gasteiger partial charge in [0.2, 0.25) is 11.8 Å². The van der Waals surface area contributed by atoms with Crippen molar-refractivity contribution in [3.05, 3.63) is 29.8 Å². The van der Waals surface area contributed by atoms with Crippen LogP contribution < -0.4 is 10.1 Å². The summed E-state index contributed by atoms with van der Waals surface area (Å²) < 4.78 is 5.34. The van der Waals surface area contributed by atoms with E-state index in [1.807, 2.05) is 23.1 Å². The molecule has 1 aliphatic carbocycles. The van der Waals surface area contributed by atoms with Crippen molar-refractivity contribution in [2.75, 3.05) is 20.2 Å². The Balaban J connectivity index is 1.41. The average molecular weight is 330 g/mol. The van der Waals surface area contributed by atoms with E-state index < -0.39 is 0 Å². The largest absolute Gasteiger partial charge is 0.496 e. The first kappa shape index (κ1) is 16.8. The summed E-state index contributed by atoms with van der Waals surface area (Å²) in [6, 6.07) is 8.38. The van der Waals surface area contributed by atoms with Crippen LogP contribution in [0.3, 0.4) is 0 Å². The normalized spacial score (nSPS) is 20.8. The molecule has 2 fully saturated rings. The van der Waals surface area contributed by atoms with Crippen molar-refractivity contribution in [3.63, 3.8) is 0 Å². The quantitative estimate of drug-likeness (QED) is 0.779. The number of ether oxygens (including phenoxy) is 1. The fourth-order valence-corrected chi connectivity index (χ4v) is 3.37. The zero-order valence-electron chi connectivity index (χ0n) is 14.3. The summed E-state index contributed by atoms with van der Waals surface area (Å²) in [4.78, 5) is 26.2. The minimum absolute atomic E-state index is 0.0467. The van der Waals surface area contributed by atoms with Gasteiger partial charge in [0.25, 0.3) is 0 Å². The second-order valence-electron chi connectivity index (χ2n) is 6.72. The summed E-state index contributed by atoms with van der Waals surface area (Å²) in [5.41, 5.74) is 1.16. The van der Waals surface area contributed by atoms with Crippen LogP contribution in [0.15, 0.2) is 24.3 Å². The van der Waals surface area contributed by atoms with Crippen LogP contribution in [0.4, 0.5) is 0 Å². The molecule has 1 aromatic rings. The summed E-state index contributed by atoms with van der Waals surface area (Å²) >= 11 is 0. The number of hydrogen-bond donors (Lipinski definition) is 1. The van der Waals surface area contributed by atoms with Crippen LogP contribution in [0.25, 0.3) is 0 Å². The number of carbonyl (C=O) groups excluding carboxylic acids is 2. The molecule has 1 N–H and O–H groups in total. The minimum atomic E-state index is -0.0467. The van der Waals surface area contributed by atoms with Crippen molar-refractivity contribution < 1.29 is 14.3 Å². The molecule has 0 aromatic heterocycles. The Morgan fingerprint density at radius 1 is 1.29 bits per heavy atom. The van der Waals surface area contributed by atoms with Crippen molar-refractivity contribution >= 4 is 11.8 Å². The van der Waals surface area contributed by atoms with Crippen molar-refractivity contribution in [2.24, 2.45) is 5.92 Å². The highest BCUT2D eigenvalue weighted by Gasteiger charge is 2.38. The lowest BCUT2D eigenvalue weighted by Crippen LogP contribution is -2.46. The molecule has 1 atom stereocenters. The number of methoxy groups -OCH3 is 1. The van der Waals surface area contributed by atoms with E-state index in [9.17, 15) is 9.59 Å². The highest BCUT2D eigenvalue weighted by atomic mass is 16.5. The molecule has 5 nitrogen and oxygen atoms in total. The van der Waals surface area contributed by atoms with Gasteiger partial charge >= 0.3 is 0 Å². The number of carbonyl (C=O) groups is 2. The van der Waals surface area contributed by atoms with E-state index in [1.165, 1.54) is 0 Å². The number of para-hydroxylation sites is 1. The second-order valence-corrected chi connectivity index (χ2v) is 6.72. The Morgan fingerprint density at radius 3 is 2.83 bits per heavy atom. The Labute approximate surface area is 143 Å². The third-order valence-electron chi connectivity index (χ3n) is 4.92. The van der Waals surface area contributed by atoms with Crippen LogP contribution in [-0.4, -0.2) is 43.0 Å². The summed E-state index contributed by atoms with van der Waals surface area (Å²) in [6.45, 7) is 1.26. The number of rotatable bonds is 7. The first-order valence-electron chi connectivity index (χ1n) is 8.88. The molecule has 1 aliphatic heterocycles. The minimum Gasteiger partial charge on any atom is -0.496 e. The Morgan fingerprint density at radius 2 is 2.08 bits per heavy atom. The van der Waals surface area contributed by atoms with E-state index in [0.29, 0.717) is 32.0 Å². The van der Waals surface area contributed by atoms with Crippen LogP contribution in [0, 0.1) is 5.92 Å². The molecule has 1 saturated carbocycles. The molecule has 1 heterocycles. The lowest BCUT2D eigenvalue weighted by atomic mass is 9.96. The molecule has 5 heteroatoms. The summed E-state index contributed by atoms with van der Waals surface area (Å²) in [5, 5.41) is 3.04. The monoisotopic (exact) mass is 330 g/mol. The summed E-state index contributed by atoms with van der Waals surface area (Å²) in [7, 11) is 1.68. The van der Waals surface area contributed by atoms with E-state index in [4.69, 9.17) is 4.74 Å².